The minimum Gasteiger partial charge on any atom is -0.496 e. The van der Waals surface area contributed by atoms with Gasteiger partial charge in [0.25, 0.3) is 5.56 Å². The minimum atomic E-state index is 0.0416. The van der Waals surface area contributed by atoms with Crippen molar-refractivity contribution in [1.82, 2.24) is 19.7 Å². The van der Waals surface area contributed by atoms with Gasteiger partial charge in [-0.1, -0.05) is 0 Å². The number of methoxy groups -OCH3 is 2. The largest absolute Gasteiger partial charge is 0.496 e. The Hall–Kier alpha value is -2.35. The van der Waals surface area contributed by atoms with Crippen molar-refractivity contribution in [3.63, 3.8) is 0 Å². The van der Waals surface area contributed by atoms with E-state index in [1.54, 1.807) is 25.8 Å². The molecule has 0 atom stereocenters. The number of rotatable bonds is 6. The van der Waals surface area contributed by atoms with Crippen LogP contribution in [-0.4, -0.2) is 73.9 Å². The van der Waals surface area contributed by atoms with Gasteiger partial charge in [-0.25, -0.2) is 0 Å². The monoisotopic (exact) mass is 522 g/mol. The first-order valence-corrected chi connectivity index (χ1v) is 14.4. The van der Waals surface area contributed by atoms with Crippen LogP contribution in [0.1, 0.15) is 55.2 Å². The summed E-state index contributed by atoms with van der Waals surface area (Å²) in [6.45, 7) is 11.5. The highest BCUT2D eigenvalue weighted by Crippen LogP contribution is 2.44. The molecule has 1 aromatic carbocycles. The molecular formula is C31H46N4O3. The van der Waals surface area contributed by atoms with Gasteiger partial charge in [-0.3, -0.25) is 14.6 Å². The van der Waals surface area contributed by atoms with Crippen LogP contribution < -0.4 is 20.3 Å². The highest BCUT2D eigenvalue weighted by atomic mass is 16.5. The second-order valence-corrected chi connectivity index (χ2v) is 11.9. The minimum absolute atomic E-state index is 0.0416. The van der Waals surface area contributed by atoms with E-state index in [1.807, 2.05) is 20.0 Å². The summed E-state index contributed by atoms with van der Waals surface area (Å²) in [5.41, 5.74) is 5.57. The van der Waals surface area contributed by atoms with Crippen LogP contribution in [0.4, 0.5) is 0 Å². The topological polar surface area (TPSA) is 59.0 Å². The molecule has 2 aromatic rings. The molecule has 0 bridgehead atoms. The lowest BCUT2D eigenvalue weighted by atomic mass is 9.67. The van der Waals surface area contributed by atoms with Crippen LogP contribution in [0.15, 0.2) is 23.1 Å². The van der Waals surface area contributed by atoms with Crippen molar-refractivity contribution in [2.75, 3.05) is 53.5 Å². The molecule has 3 aliphatic rings. The van der Waals surface area contributed by atoms with E-state index in [-0.39, 0.29) is 5.56 Å². The molecule has 1 saturated carbocycles. The van der Waals surface area contributed by atoms with Gasteiger partial charge < -0.3 is 19.4 Å². The molecule has 1 N–H and O–H groups in total. The number of aryl methyl sites for hydroxylation is 1. The lowest BCUT2D eigenvalue weighted by Crippen LogP contribution is -2.52. The molecule has 1 aliphatic carbocycles. The Morgan fingerprint density at radius 3 is 2.11 bits per heavy atom. The number of hydrogen-bond donors (Lipinski definition) is 1. The van der Waals surface area contributed by atoms with E-state index in [0.29, 0.717) is 5.41 Å². The van der Waals surface area contributed by atoms with Crippen molar-refractivity contribution in [1.29, 1.82) is 0 Å². The lowest BCUT2D eigenvalue weighted by Gasteiger charge is -2.47. The number of nitrogens with one attached hydrogen (secondary N) is 1. The normalized spacial score (nSPS) is 21.1. The van der Waals surface area contributed by atoms with Crippen molar-refractivity contribution >= 4 is 0 Å². The Morgan fingerprint density at radius 1 is 0.921 bits per heavy atom. The number of nitrogens with zero attached hydrogens (tertiary/aromatic N) is 3. The third kappa shape index (κ3) is 5.38. The summed E-state index contributed by atoms with van der Waals surface area (Å²) < 4.78 is 13.4. The second kappa shape index (κ2) is 11.4. The predicted molar refractivity (Wildman–Crippen MR) is 153 cm³/mol. The van der Waals surface area contributed by atoms with Crippen LogP contribution in [0.25, 0.3) is 11.1 Å². The Balaban J connectivity index is 1.26. The van der Waals surface area contributed by atoms with Gasteiger partial charge in [0.2, 0.25) is 0 Å². The fraction of sp³-hybridized carbons (Fsp3) is 0.645. The Labute approximate surface area is 228 Å². The van der Waals surface area contributed by atoms with Crippen molar-refractivity contribution in [3.8, 4) is 22.6 Å². The van der Waals surface area contributed by atoms with Gasteiger partial charge in [0.05, 0.1) is 19.8 Å². The van der Waals surface area contributed by atoms with Gasteiger partial charge in [-0.05, 0) is 94.1 Å². The maximum absolute atomic E-state index is 12.4. The quantitative estimate of drug-likeness (QED) is 0.616. The highest BCUT2D eigenvalue weighted by Gasteiger charge is 2.38. The standard InChI is InChI=1S/C31H46N4O3/c1-22-23(2)30(36)33(3)20-26(22)24-18-28(37-4)27(29(19-24)38-5)21-34-14-16-35(17-15-34)25-6-8-31(9-7-25)10-12-32-13-11-31/h18-20,25,32H,6-17,21H2,1-5H3. The lowest BCUT2D eigenvalue weighted by molar-refractivity contribution is 0.0345. The van der Waals surface area contributed by atoms with E-state index >= 15 is 0 Å². The van der Waals surface area contributed by atoms with Gasteiger partial charge in [-0.2, -0.15) is 0 Å². The molecule has 0 radical (unpaired) electrons. The molecule has 38 heavy (non-hydrogen) atoms. The molecule has 7 nitrogen and oxygen atoms in total. The van der Waals surface area contributed by atoms with Crippen LogP contribution in [0.5, 0.6) is 11.5 Å². The maximum Gasteiger partial charge on any atom is 0.253 e. The first kappa shape index (κ1) is 27.2. The van der Waals surface area contributed by atoms with Crippen molar-refractivity contribution in [3.05, 3.63) is 45.4 Å². The predicted octanol–water partition coefficient (Wildman–Crippen LogP) is 4.12. The third-order valence-corrected chi connectivity index (χ3v) is 9.83. The van der Waals surface area contributed by atoms with Crippen LogP contribution in [0.3, 0.4) is 0 Å². The molecule has 3 fully saturated rings. The summed E-state index contributed by atoms with van der Waals surface area (Å²) in [4.78, 5) is 17.7. The zero-order valence-corrected chi connectivity index (χ0v) is 24.1. The molecule has 1 aromatic heterocycles. The van der Waals surface area contributed by atoms with E-state index in [2.05, 4.69) is 27.2 Å². The summed E-state index contributed by atoms with van der Waals surface area (Å²) in [5, 5.41) is 3.55. The summed E-state index contributed by atoms with van der Waals surface area (Å²) in [6.07, 6.45) is 10.2. The number of piperazine rings is 1. The number of benzene rings is 1. The van der Waals surface area contributed by atoms with Gasteiger partial charge in [0.15, 0.2) is 0 Å². The molecule has 1 spiro atoms. The van der Waals surface area contributed by atoms with Crippen LogP contribution in [-0.2, 0) is 13.6 Å². The van der Waals surface area contributed by atoms with E-state index in [0.717, 1.165) is 78.1 Å². The Kier molecular flexibility index (Phi) is 8.17. The highest BCUT2D eigenvalue weighted by molar-refractivity contribution is 5.72. The zero-order chi connectivity index (χ0) is 26.9. The summed E-state index contributed by atoms with van der Waals surface area (Å²) in [6, 6.07) is 4.95. The average Bonchev–Trinajstić information content (AvgIpc) is 2.95. The Bertz CT molecular complexity index is 1160. The summed E-state index contributed by atoms with van der Waals surface area (Å²) in [7, 11) is 5.27. The van der Waals surface area contributed by atoms with Gasteiger partial charge in [0.1, 0.15) is 11.5 Å². The molecule has 7 heteroatoms. The van der Waals surface area contributed by atoms with Gasteiger partial charge >= 0.3 is 0 Å². The number of piperidine rings is 1. The van der Waals surface area contributed by atoms with Crippen LogP contribution in [0.2, 0.25) is 0 Å². The van der Waals surface area contributed by atoms with Crippen molar-refractivity contribution in [2.45, 2.75) is 65.0 Å². The number of aromatic nitrogens is 1. The fourth-order valence-electron chi connectivity index (χ4n) is 7.11. The zero-order valence-electron chi connectivity index (χ0n) is 24.1. The SMILES string of the molecule is COc1cc(-c2cn(C)c(=O)c(C)c2C)cc(OC)c1CN1CCN(C2CCC3(CCNCC3)CC2)CC1. The maximum atomic E-state index is 12.4. The van der Waals surface area contributed by atoms with Crippen LogP contribution >= 0.6 is 0 Å². The summed E-state index contributed by atoms with van der Waals surface area (Å²) >= 11 is 0. The van der Waals surface area contributed by atoms with E-state index < -0.39 is 0 Å². The van der Waals surface area contributed by atoms with Crippen molar-refractivity contribution in [2.24, 2.45) is 12.5 Å². The Morgan fingerprint density at radius 2 is 1.53 bits per heavy atom. The van der Waals surface area contributed by atoms with Crippen LogP contribution in [0, 0.1) is 19.3 Å². The number of ether oxygens (including phenoxy) is 2. The van der Waals surface area contributed by atoms with Gasteiger partial charge in [-0.15, -0.1) is 0 Å². The first-order chi connectivity index (χ1) is 18.3. The molecule has 2 aliphatic heterocycles. The van der Waals surface area contributed by atoms with E-state index in [4.69, 9.17) is 9.47 Å². The van der Waals surface area contributed by atoms with Crippen molar-refractivity contribution < 1.29 is 9.47 Å². The molecule has 208 valence electrons. The fourth-order valence-corrected chi connectivity index (χ4v) is 7.11. The molecule has 5 rings (SSSR count). The smallest absolute Gasteiger partial charge is 0.253 e. The molecule has 0 amide bonds. The molecule has 0 unspecified atom stereocenters. The second-order valence-electron chi connectivity index (χ2n) is 11.9. The molecule has 3 heterocycles. The summed E-state index contributed by atoms with van der Waals surface area (Å²) in [5.74, 6) is 1.68. The molecule has 2 saturated heterocycles. The van der Waals surface area contributed by atoms with E-state index in [1.165, 1.54) is 51.6 Å². The van der Waals surface area contributed by atoms with Gasteiger partial charge in [0, 0.05) is 63.1 Å². The molecular weight excluding hydrogens is 476 g/mol. The first-order valence-electron chi connectivity index (χ1n) is 14.4. The third-order valence-electron chi connectivity index (χ3n) is 9.83. The van der Waals surface area contributed by atoms with E-state index in [9.17, 15) is 4.79 Å². The number of pyridine rings is 1. The number of hydrogen-bond acceptors (Lipinski definition) is 6. The average molecular weight is 523 g/mol.